The molecule has 1 fully saturated rings. The van der Waals surface area contributed by atoms with Crippen molar-refractivity contribution in [3.63, 3.8) is 0 Å². The summed E-state index contributed by atoms with van der Waals surface area (Å²) in [7, 11) is 0. The largest absolute Gasteiger partial charge is 0.373 e. The number of hydrogen-bond donors (Lipinski definition) is 1. The van der Waals surface area contributed by atoms with E-state index in [4.69, 9.17) is 0 Å². The summed E-state index contributed by atoms with van der Waals surface area (Å²) < 4.78 is 1.88. The van der Waals surface area contributed by atoms with Crippen LogP contribution in [0.3, 0.4) is 0 Å². The zero-order valence-corrected chi connectivity index (χ0v) is 14.5. The Kier molecular flexibility index (Phi) is 4.22. The SMILES string of the molecule is Cc1ccc(NC2(c3nnnn3-c3ccccc3)CCCCC2)cc1. The molecule has 0 spiro atoms. The lowest BCUT2D eigenvalue weighted by atomic mass is 9.80. The lowest BCUT2D eigenvalue weighted by Crippen LogP contribution is -2.40. The minimum atomic E-state index is -0.229. The van der Waals surface area contributed by atoms with Crippen LogP contribution in [0.5, 0.6) is 0 Å². The molecule has 4 rings (SSSR count). The lowest BCUT2D eigenvalue weighted by Gasteiger charge is -2.37. The van der Waals surface area contributed by atoms with E-state index >= 15 is 0 Å². The molecule has 0 atom stereocenters. The third-order valence-electron chi connectivity index (χ3n) is 5.04. The Morgan fingerprint density at radius 3 is 2.36 bits per heavy atom. The average Bonchev–Trinajstić information content (AvgIpc) is 3.16. The quantitative estimate of drug-likeness (QED) is 0.776. The highest BCUT2D eigenvalue weighted by Gasteiger charge is 2.39. The number of para-hydroxylation sites is 1. The Morgan fingerprint density at radius 1 is 0.920 bits per heavy atom. The Bertz CT molecular complexity index is 817. The van der Waals surface area contributed by atoms with Crippen molar-refractivity contribution in [3.8, 4) is 5.69 Å². The van der Waals surface area contributed by atoms with Crippen molar-refractivity contribution in [1.29, 1.82) is 0 Å². The summed E-state index contributed by atoms with van der Waals surface area (Å²) in [5.41, 5.74) is 3.15. The molecule has 3 aromatic rings. The summed E-state index contributed by atoms with van der Waals surface area (Å²) in [6.45, 7) is 2.11. The number of benzene rings is 2. The molecule has 0 amide bonds. The highest BCUT2D eigenvalue weighted by atomic mass is 15.6. The van der Waals surface area contributed by atoms with E-state index in [0.29, 0.717) is 0 Å². The van der Waals surface area contributed by atoms with Crippen LogP contribution in [0.2, 0.25) is 0 Å². The van der Waals surface area contributed by atoms with Crippen LogP contribution >= 0.6 is 0 Å². The Balaban J connectivity index is 1.75. The summed E-state index contributed by atoms with van der Waals surface area (Å²) in [4.78, 5) is 0. The predicted molar refractivity (Wildman–Crippen MR) is 98.7 cm³/mol. The second kappa shape index (κ2) is 6.67. The zero-order valence-electron chi connectivity index (χ0n) is 14.5. The first-order chi connectivity index (χ1) is 12.3. The van der Waals surface area contributed by atoms with Crippen molar-refractivity contribution in [2.75, 3.05) is 5.32 Å². The van der Waals surface area contributed by atoms with Gasteiger partial charge in [-0.15, -0.1) is 5.10 Å². The number of rotatable bonds is 4. The second-order valence-electron chi connectivity index (χ2n) is 6.88. The first-order valence-corrected chi connectivity index (χ1v) is 8.96. The van der Waals surface area contributed by atoms with E-state index in [1.165, 1.54) is 24.8 Å². The molecular formula is C20H23N5. The van der Waals surface area contributed by atoms with Crippen molar-refractivity contribution in [2.24, 2.45) is 0 Å². The number of nitrogens with one attached hydrogen (secondary N) is 1. The Hall–Kier alpha value is -2.69. The van der Waals surface area contributed by atoms with E-state index in [9.17, 15) is 0 Å². The molecule has 1 aromatic heterocycles. The number of hydrogen-bond acceptors (Lipinski definition) is 4. The van der Waals surface area contributed by atoms with Gasteiger partial charge in [0.05, 0.1) is 11.2 Å². The summed E-state index contributed by atoms with van der Waals surface area (Å²) in [5.74, 6) is 0.902. The van der Waals surface area contributed by atoms with Crippen LogP contribution in [0.15, 0.2) is 54.6 Å². The number of aryl methyl sites for hydroxylation is 1. The topological polar surface area (TPSA) is 55.6 Å². The molecule has 0 saturated heterocycles. The molecule has 1 N–H and O–H groups in total. The van der Waals surface area contributed by atoms with Gasteiger partial charge in [-0.2, -0.15) is 4.68 Å². The van der Waals surface area contributed by atoms with Crippen LogP contribution in [0, 0.1) is 6.92 Å². The number of anilines is 1. The molecule has 1 aliphatic rings. The maximum absolute atomic E-state index is 4.44. The summed E-state index contributed by atoms with van der Waals surface area (Å²) >= 11 is 0. The molecule has 128 valence electrons. The zero-order chi connectivity index (χ0) is 17.1. The fourth-order valence-corrected chi connectivity index (χ4v) is 3.70. The Labute approximate surface area is 148 Å². The summed E-state index contributed by atoms with van der Waals surface area (Å²) in [5, 5.41) is 16.5. The van der Waals surface area contributed by atoms with Gasteiger partial charge in [0.2, 0.25) is 0 Å². The second-order valence-corrected chi connectivity index (χ2v) is 6.88. The summed E-state index contributed by atoms with van der Waals surface area (Å²) in [6.07, 6.45) is 5.70. The van der Waals surface area contributed by atoms with E-state index in [-0.39, 0.29) is 5.54 Å². The van der Waals surface area contributed by atoms with E-state index in [1.807, 2.05) is 35.0 Å². The number of nitrogens with zero attached hydrogens (tertiary/aromatic N) is 4. The van der Waals surface area contributed by atoms with Crippen molar-refractivity contribution < 1.29 is 0 Å². The molecule has 0 radical (unpaired) electrons. The third-order valence-corrected chi connectivity index (χ3v) is 5.04. The molecule has 5 nitrogen and oxygen atoms in total. The molecule has 0 aliphatic heterocycles. The van der Waals surface area contributed by atoms with Crippen LogP contribution < -0.4 is 5.32 Å². The molecule has 2 aromatic carbocycles. The molecule has 1 saturated carbocycles. The van der Waals surface area contributed by atoms with Crippen LogP contribution in [-0.2, 0) is 5.54 Å². The van der Waals surface area contributed by atoms with Crippen molar-refractivity contribution in [3.05, 3.63) is 66.0 Å². The molecule has 5 heteroatoms. The van der Waals surface area contributed by atoms with Crippen molar-refractivity contribution in [2.45, 2.75) is 44.6 Å². The van der Waals surface area contributed by atoms with Gasteiger partial charge >= 0.3 is 0 Å². The van der Waals surface area contributed by atoms with Gasteiger partial charge in [0.1, 0.15) is 0 Å². The van der Waals surface area contributed by atoms with Gasteiger partial charge in [0.15, 0.2) is 5.82 Å². The molecule has 0 bridgehead atoms. The molecule has 0 unspecified atom stereocenters. The molecule has 1 heterocycles. The molecule has 1 aliphatic carbocycles. The van der Waals surface area contributed by atoms with Crippen LogP contribution in [0.4, 0.5) is 5.69 Å². The average molecular weight is 333 g/mol. The van der Waals surface area contributed by atoms with Crippen LogP contribution in [0.1, 0.15) is 43.5 Å². The highest BCUT2D eigenvalue weighted by Crippen LogP contribution is 2.39. The van der Waals surface area contributed by atoms with E-state index < -0.39 is 0 Å². The number of tetrazole rings is 1. The smallest absolute Gasteiger partial charge is 0.181 e. The fourth-order valence-electron chi connectivity index (χ4n) is 3.70. The van der Waals surface area contributed by atoms with Gasteiger partial charge in [-0.1, -0.05) is 55.2 Å². The monoisotopic (exact) mass is 333 g/mol. The van der Waals surface area contributed by atoms with E-state index in [0.717, 1.165) is 30.0 Å². The van der Waals surface area contributed by atoms with Crippen molar-refractivity contribution in [1.82, 2.24) is 20.2 Å². The van der Waals surface area contributed by atoms with Crippen LogP contribution in [0.25, 0.3) is 5.69 Å². The standard InChI is InChI=1S/C20H23N5/c1-16-10-12-17(13-11-16)21-20(14-6-3-7-15-20)19-22-23-24-25(19)18-8-4-2-5-9-18/h2,4-5,8-13,21H,3,6-7,14-15H2,1H3. The minimum Gasteiger partial charge on any atom is -0.373 e. The van der Waals surface area contributed by atoms with Gasteiger partial charge in [-0.3, -0.25) is 0 Å². The van der Waals surface area contributed by atoms with Gasteiger partial charge < -0.3 is 5.32 Å². The van der Waals surface area contributed by atoms with Gasteiger partial charge in [-0.25, -0.2) is 0 Å². The van der Waals surface area contributed by atoms with E-state index in [1.54, 1.807) is 0 Å². The van der Waals surface area contributed by atoms with Gasteiger partial charge in [0, 0.05) is 5.69 Å². The first-order valence-electron chi connectivity index (χ1n) is 8.96. The summed E-state index contributed by atoms with van der Waals surface area (Å²) in [6, 6.07) is 18.7. The third kappa shape index (κ3) is 3.14. The highest BCUT2D eigenvalue weighted by molar-refractivity contribution is 5.48. The lowest BCUT2D eigenvalue weighted by molar-refractivity contribution is 0.309. The predicted octanol–water partition coefficient (Wildman–Crippen LogP) is 4.24. The maximum atomic E-state index is 4.44. The van der Waals surface area contributed by atoms with Gasteiger partial charge in [0.25, 0.3) is 0 Å². The Morgan fingerprint density at radius 2 is 1.64 bits per heavy atom. The fraction of sp³-hybridized carbons (Fsp3) is 0.350. The molecule has 25 heavy (non-hydrogen) atoms. The number of aromatic nitrogens is 4. The maximum Gasteiger partial charge on any atom is 0.181 e. The first kappa shape index (κ1) is 15.8. The minimum absolute atomic E-state index is 0.229. The van der Waals surface area contributed by atoms with Crippen LogP contribution in [-0.4, -0.2) is 20.2 Å². The van der Waals surface area contributed by atoms with Crippen molar-refractivity contribution >= 4 is 5.69 Å². The normalized spacial score (nSPS) is 16.5. The van der Waals surface area contributed by atoms with E-state index in [2.05, 4.69) is 52.0 Å². The van der Waals surface area contributed by atoms with Gasteiger partial charge in [-0.05, 0) is 54.5 Å². The molecular weight excluding hydrogens is 310 g/mol.